The van der Waals surface area contributed by atoms with Gasteiger partial charge in [0.2, 0.25) is 21.1 Å². The molecule has 1 aliphatic heterocycles. The van der Waals surface area contributed by atoms with E-state index in [1.807, 2.05) is 20.1 Å². The minimum absolute atomic E-state index is 0.0479. The first kappa shape index (κ1) is 23.6. The zero-order chi connectivity index (χ0) is 23.8. The van der Waals surface area contributed by atoms with Crippen LogP contribution in [0.4, 0.5) is 4.39 Å². The van der Waals surface area contributed by atoms with E-state index in [1.165, 1.54) is 28.2 Å². The molecule has 1 amide bonds. The van der Waals surface area contributed by atoms with Crippen LogP contribution in [-0.2, 0) is 21.2 Å². The van der Waals surface area contributed by atoms with E-state index in [-0.39, 0.29) is 30.3 Å². The van der Waals surface area contributed by atoms with Crippen LogP contribution in [-0.4, -0.2) is 75.5 Å². The second-order valence-electron chi connectivity index (χ2n) is 7.84. The number of rotatable bonds is 5. The summed E-state index contributed by atoms with van der Waals surface area (Å²) in [4.78, 5) is 23.7. The number of benzene rings is 1. The van der Waals surface area contributed by atoms with Gasteiger partial charge < -0.3 is 4.90 Å². The molecule has 0 radical (unpaired) electrons. The van der Waals surface area contributed by atoms with Gasteiger partial charge >= 0.3 is 0 Å². The predicted molar refractivity (Wildman–Crippen MR) is 122 cm³/mol. The van der Waals surface area contributed by atoms with E-state index >= 15 is 0 Å². The molecule has 0 N–H and O–H groups in total. The molecular formula is C21H25FN6O3S2. The Bertz CT molecular complexity index is 1290. The quantitative estimate of drug-likeness (QED) is 0.503. The molecule has 3 heterocycles. The van der Waals surface area contributed by atoms with Crippen molar-refractivity contribution in [1.82, 2.24) is 28.8 Å². The number of hydrogen-bond acceptors (Lipinski definition) is 7. The molecule has 1 aromatic carbocycles. The second kappa shape index (κ2) is 9.35. The summed E-state index contributed by atoms with van der Waals surface area (Å²) in [6.07, 6.45) is 2.56. The van der Waals surface area contributed by atoms with Crippen LogP contribution in [0.3, 0.4) is 0 Å². The highest BCUT2D eigenvalue weighted by Crippen LogP contribution is 2.20. The maximum absolute atomic E-state index is 13.2. The van der Waals surface area contributed by atoms with Gasteiger partial charge in [-0.2, -0.15) is 9.29 Å². The third-order valence-electron chi connectivity index (χ3n) is 5.80. The van der Waals surface area contributed by atoms with Gasteiger partial charge in [-0.15, -0.1) is 5.10 Å². The first-order chi connectivity index (χ1) is 15.7. The van der Waals surface area contributed by atoms with Crippen LogP contribution < -0.4 is 0 Å². The zero-order valence-corrected chi connectivity index (χ0v) is 20.3. The Kier molecular flexibility index (Phi) is 6.68. The average molecular weight is 493 g/mol. The minimum atomic E-state index is -3.75. The van der Waals surface area contributed by atoms with Crippen molar-refractivity contribution in [2.45, 2.75) is 36.7 Å². The molecule has 12 heteroatoms. The van der Waals surface area contributed by atoms with E-state index in [1.54, 1.807) is 9.42 Å². The van der Waals surface area contributed by atoms with Crippen LogP contribution >= 0.6 is 11.8 Å². The fourth-order valence-electron chi connectivity index (χ4n) is 3.93. The Morgan fingerprint density at radius 3 is 2.52 bits per heavy atom. The van der Waals surface area contributed by atoms with Crippen molar-refractivity contribution in [3.63, 3.8) is 0 Å². The SMILES string of the molecule is CSc1nc2nc(C)c(CC(=O)N3CCCN(S(=O)(=O)c4ccc(F)cc4)CC3)c(C)n2n1. The van der Waals surface area contributed by atoms with Gasteiger partial charge in [-0.25, -0.2) is 22.3 Å². The lowest BCUT2D eigenvalue weighted by molar-refractivity contribution is -0.130. The summed E-state index contributed by atoms with van der Waals surface area (Å²) in [5, 5.41) is 5.04. The third kappa shape index (κ3) is 4.73. The Morgan fingerprint density at radius 2 is 1.82 bits per heavy atom. The normalized spacial score (nSPS) is 15.7. The predicted octanol–water partition coefficient (Wildman–Crippen LogP) is 2.07. The number of nitrogens with zero attached hydrogens (tertiary/aromatic N) is 6. The number of aryl methyl sites for hydroxylation is 2. The highest BCUT2D eigenvalue weighted by Gasteiger charge is 2.29. The monoisotopic (exact) mass is 492 g/mol. The van der Waals surface area contributed by atoms with Crippen LogP contribution in [0.1, 0.15) is 23.4 Å². The number of sulfonamides is 1. The summed E-state index contributed by atoms with van der Waals surface area (Å²) in [6.45, 7) is 4.96. The molecule has 9 nitrogen and oxygen atoms in total. The fraction of sp³-hybridized carbons (Fsp3) is 0.429. The van der Waals surface area contributed by atoms with Crippen molar-refractivity contribution < 1.29 is 17.6 Å². The Morgan fingerprint density at radius 1 is 1.09 bits per heavy atom. The standard InChI is InChI=1S/C21H25FN6O3S2/c1-14-18(15(2)28-20(23-14)24-21(25-28)32-3)13-19(29)26-9-4-10-27(12-11-26)33(30,31)17-7-5-16(22)6-8-17/h5-8H,4,9-13H2,1-3H3. The van der Waals surface area contributed by atoms with Gasteiger partial charge in [0.25, 0.3) is 5.78 Å². The molecule has 4 rings (SSSR count). The summed E-state index contributed by atoms with van der Waals surface area (Å²) in [5.41, 5.74) is 2.34. The molecule has 1 saturated heterocycles. The maximum Gasteiger partial charge on any atom is 0.253 e. The summed E-state index contributed by atoms with van der Waals surface area (Å²) >= 11 is 1.42. The molecule has 0 unspecified atom stereocenters. The topological polar surface area (TPSA) is 101 Å². The molecule has 1 aliphatic rings. The van der Waals surface area contributed by atoms with Crippen LogP contribution in [0.25, 0.3) is 5.78 Å². The summed E-state index contributed by atoms with van der Waals surface area (Å²) in [6, 6.07) is 4.79. The van der Waals surface area contributed by atoms with Crippen LogP contribution in [0.15, 0.2) is 34.3 Å². The van der Waals surface area contributed by atoms with E-state index in [0.717, 1.165) is 29.1 Å². The molecule has 0 aliphatic carbocycles. The van der Waals surface area contributed by atoms with Gasteiger partial charge in [-0.05, 0) is 50.8 Å². The van der Waals surface area contributed by atoms with Crippen molar-refractivity contribution in [3.8, 4) is 0 Å². The summed E-state index contributed by atoms with van der Waals surface area (Å²) < 4.78 is 42.1. The number of fused-ring (bicyclic) bond motifs is 1. The molecule has 0 saturated carbocycles. The average Bonchev–Trinajstić information content (AvgIpc) is 3.03. The van der Waals surface area contributed by atoms with Gasteiger partial charge in [-0.1, -0.05) is 11.8 Å². The largest absolute Gasteiger partial charge is 0.341 e. The van der Waals surface area contributed by atoms with Gasteiger partial charge in [-0.3, -0.25) is 4.79 Å². The molecule has 3 aromatic rings. The Balaban J connectivity index is 1.49. The lowest BCUT2D eigenvalue weighted by atomic mass is 10.1. The summed E-state index contributed by atoms with van der Waals surface area (Å²) in [5.74, 6) is -0.0778. The lowest BCUT2D eigenvalue weighted by Crippen LogP contribution is -2.38. The smallest absolute Gasteiger partial charge is 0.253 e. The lowest BCUT2D eigenvalue weighted by Gasteiger charge is -2.22. The molecule has 176 valence electrons. The molecule has 0 bridgehead atoms. The Hall–Kier alpha value is -2.57. The van der Waals surface area contributed by atoms with Crippen molar-refractivity contribution in [1.29, 1.82) is 0 Å². The number of carbonyl (C=O) groups excluding carboxylic acids is 1. The number of hydrogen-bond donors (Lipinski definition) is 0. The summed E-state index contributed by atoms with van der Waals surface area (Å²) in [7, 11) is -3.75. The fourth-order valence-corrected chi connectivity index (χ4v) is 5.74. The van der Waals surface area contributed by atoms with Crippen molar-refractivity contribution >= 4 is 33.5 Å². The van der Waals surface area contributed by atoms with E-state index in [0.29, 0.717) is 30.4 Å². The molecule has 1 fully saturated rings. The highest BCUT2D eigenvalue weighted by atomic mass is 32.2. The van der Waals surface area contributed by atoms with Crippen molar-refractivity contribution in [2.75, 3.05) is 32.4 Å². The van der Waals surface area contributed by atoms with E-state index < -0.39 is 15.8 Å². The number of halogens is 1. The highest BCUT2D eigenvalue weighted by molar-refractivity contribution is 7.98. The van der Waals surface area contributed by atoms with Crippen LogP contribution in [0, 0.1) is 19.7 Å². The van der Waals surface area contributed by atoms with Gasteiger partial charge in [0.15, 0.2) is 0 Å². The van der Waals surface area contributed by atoms with Gasteiger partial charge in [0.1, 0.15) is 5.82 Å². The third-order valence-corrected chi connectivity index (χ3v) is 8.25. The van der Waals surface area contributed by atoms with Gasteiger partial charge in [0.05, 0.1) is 11.3 Å². The molecule has 0 atom stereocenters. The number of aromatic nitrogens is 4. The minimum Gasteiger partial charge on any atom is -0.341 e. The first-order valence-electron chi connectivity index (χ1n) is 10.5. The number of amides is 1. The van der Waals surface area contributed by atoms with Crippen LogP contribution in [0.5, 0.6) is 0 Å². The molecular weight excluding hydrogens is 467 g/mol. The molecule has 2 aromatic heterocycles. The van der Waals surface area contributed by atoms with E-state index in [9.17, 15) is 17.6 Å². The second-order valence-corrected chi connectivity index (χ2v) is 10.6. The molecule has 0 spiro atoms. The van der Waals surface area contributed by atoms with Crippen molar-refractivity contribution in [3.05, 3.63) is 47.0 Å². The van der Waals surface area contributed by atoms with Crippen LogP contribution in [0.2, 0.25) is 0 Å². The maximum atomic E-state index is 13.2. The number of thioether (sulfide) groups is 1. The first-order valence-corrected chi connectivity index (χ1v) is 13.2. The Labute approximate surface area is 196 Å². The van der Waals surface area contributed by atoms with E-state index in [2.05, 4.69) is 15.1 Å². The van der Waals surface area contributed by atoms with Crippen molar-refractivity contribution in [2.24, 2.45) is 0 Å². The number of carbonyl (C=O) groups is 1. The molecule has 33 heavy (non-hydrogen) atoms. The van der Waals surface area contributed by atoms with E-state index in [4.69, 9.17) is 0 Å². The zero-order valence-electron chi connectivity index (χ0n) is 18.7. The van der Waals surface area contributed by atoms with Gasteiger partial charge in [0, 0.05) is 43.1 Å².